The van der Waals surface area contributed by atoms with E-state index in [0.29, 0.717) is 30.5 Å². The van der Waals surface area contributed by atoms with Crippen molar-refractivity contribution in [1.29, 1.82) is 0 Å². The number of aromatic nitrogens is 1. The van der Waals surface area contributed by atoms with Gasteiger partial charge in [0.15, 0.2) is 17.2 Å². The average Bonchev–Trinajstić information content (AvgIpc) is 3.01. The van der Waals surface area contributed by atoms with Crippen LogP contribution >= 0.6 is 0 Å². The molecular formula is C17H22N2O5. The van der Waals surface area contributed by atoms with Gasteiger partial charge in [-0.3, -0.25) is 4.79 Å². The van der Waals surface area contributed by atoms with Gasteiger partial charge in [-0.15, -0.1) is 0 Å². The molecule has 0 fully saturated rings. The molecule has 1 atom stereocenters. The first-order chi connectivity index (χ1) is 11.5. The standard InChI is InChI=1S/C17H22N2O5/c1-11-9-14(19-24-11)17(20)18-12(2)13-5-6-15(16(10-13)22-4)23-8-7-21-3/h5-6,9-10,12H,7-8H2,1-4H3,(H,18,20)/t12-/m0/s1. The minimum Gasteiger partial charge on any atom is -0.493 e. The lowest BCUT2D eigenvalue weighted by molar-refractivity contribution is 0.0930. The summed E-state index contributed by atoms with van der Waals surface area (Å²) < 4.78 is 20.8. The number of nitrogens with zero attached hydrogens (tertiary/aromatic N) is 1. The van der Waals surface area contributed by atoms with E-state index in [0.717, 1.165) is 5.56 Å². The molecule has 1 aromatic carbocycles. The quantitative estimate of drug-likeness (QED) is 0.747. The van der Waals surface area contributed by atoms with Crippen LogP contribution in [0.5, 0.6) is 11.5 Å². The molecule has 0 saturated heterocycles. The molecule has 7 nitrogen and oxygen atoms in total. The maximum absolute atomic E-state index is 12.1. The Morgan fingerprint density at radius 3 is 2.67 bits per heavy atom. The van der Waals surface area contributed by atoms with Crippen molar-refractivity contribution in [3.8, 4) is 11.5 Å². The Morgan fingerprint density at radius 2 is 2.04 bits per heavy atom. The molecule has 1 amide bonds. The Balaban J connectivity index is 2.06. The molecule has 0 unspecified atom stereocenters. The summed E-state index contributed by atoms with van der Waals surface area (Å²) in [5.41, 5.74) is 1.14. The van der Waals surface area contributed by atoms with Gasteiger partial charge in [-0.05, 0) is 31.5 Å². The van der Waals surface area contributed by atoms with E-state index < -0.39 is 0 Å². The van der Waals surface area contributed by atoms with Crippen LogP contribution in [-0.2, 0) is 4.74 Å². The van der Waals surface area contributed by atoms with E-state index in [1.165, 1.54) is 0 Å². The number of carbonyl (C=O) groups is 1. The molecule has 24 heavy (non-hydrogen) atoms. The fourth-order valence-electron chi connectivity index (χ4n) is 2.14. The first-order valence-corrected chi connectivity index (χ1v) is 7.59. The van der Waals surface area contributed by atoms with Gasteiger partial charge in [-0.25, -0.2) is 0 Å². The summed E-state index contributed by atoms with van der Waals surface area (Å²) in [6.45, 7) is 4.55. The molecule has 130 valence electrons. The lowest BCUT2D eigenvalue weighted by Crippen LogP contribution is -2.26. The van der Waals surface area contributed by atoms with Gasteiger partial charge in [0.25, 0.3) is 5.91 Å². The van der Waals surface area contributed by atoms with Crippen LogP contribution in [0.4, 0.5) is 0 Å². The summed E-state index contributed by atoms with van der Waals surface area (Å²) in [7, 11) is 3.19. The molecule has 1 aromatic heterocycles. The Bertz CT molecular complexity index is 683. The molecule has 0 aliphatic heterocycles. The number of carbonyl (C=O) groups excluding carboxylic acids is 1. The van der Waals surface area contributed by atoms with Gasteiger partial charge in [0.2, 0.25) is 0 Å². The summed E-state index contributed by atoms with van der Waals surface area (Å²) in [6, 6.07) is 6.89. The van der Waals surface area contributed by atoms with Crippen LogP contribution in [0.3, 0.4) is 0 Å². The number of ether oxygens (including phenoxy) is 3. The summed E-state index contributed by atoms with van der Waals surface area (Å²) in [5, 5.41) is 6.58. The van der Waals surface area contributed by atoms with Gasteiger partial charge >= 0.3 is 0 Å². The van der Waals surface area contributed by atoms with Crippen molar-refractivity contribution in [2.45, 2.75) is 19.9 Å². The van der Waals surface area contributed by atoms with Crippen LogP contribution in [0.1, 0.15) is 34.8 Å². The number of rotatable bonds is 8. The minimum absolute atomic E-state index is 0.226. The second-order valence-electron chi connectivity index (χ2n) is 5.27. The lowest BCUT2D eigenvalue weighted by Gasteiger charge is -2.16. The van der Waals surface area contributed by atoms with Crippen molar-refractivity contribution in [2.75, 3.05) is 27.4 Å². The highest BCUT2D eigenvalue weighted by Crippen LogP contribution is 2.30. The summed E-state index contributed by atoms with van der Waals surface area (Å²) in [5.74, 6) is 1.52. The molecule has 0 spiro atoms. The number of methoxy groups -OCH3 is 2. The maximum atomic E-state index is 12.1. The smallest absolute Gasteiger partial charge is 0.273 e. The monoisotopic (exact) mass is 334 g/mol. The predicted octanol–water partition coefficient (Wildman–Crippen LogP) is 2.51. The van der Waals surface area contributed by atoms with Gasteiger partial charge in [0, 0.05) is 13.2 Å². The van der Waals surface area contributed by atoms with Gasteiger partial charge < -0.3 is 24.1 Å². The molecule has 0 aliphatic carbocycles. The molecule has 1 heterocycles. The lowest BCUT2D eigenvalue weighted by atomic mass is 10.1. The highest BCUT2D eigenvalue weighted by Gasteiger charge is 2.16. The number of amides is 1. The average molecular weight is 334 g/mol. The van der Waals surface area contributed by atoms with Crippen LogP contribution in [0.25, 0.3) is 0 Å². The first kappa shape index (κ1) is 17.8. The number of hydrogen-bond donors (Lipinski definition) is 1. The van der Waals surface area contributed by atoms with Gasteiger partial charge in [-0.2, -0.15) is 0 Å². The van der Waals surface area contributed by atoms with E-state index in [-0.39, 0.29) is 17.6 Å². The predicted molar refractivity (Wildman–Crippen MR) is 87.5 cm³/mol. The highest BCUT2D eigenvalue weighted by atomic mass is 16.5. The fraction of sp³-hybridized carbons (Fsp3) is 0.412. The molecule has 0 saturated carbocycles. The third kappa shape index (κ3) is 4.48. The van der Waals surface area contributed by atoms with Gasteiger partial charge in [-0.1, -0.05) is 11.2 Å². The van der Waals surface area contributed by atoms with Crippen LogP contribution in [0.15, 0.2) is 28.8 Å². The number of hydrogen-bond acceptors (Lipinski definition) is 6. The van der Waals surface area contributed by atoms with Crippen molar-refractivity contribution in [2.24, 2.45) is 0 Å². The molecular weight excluding hydrogens is 312 g/mol. The fourth-order valence-corrected chi connectivity index (χ4v) is 2.14. The van der Waals surface area contributed by atoms with Crippen molar-refractivity contribution in [3.63, 3.8) is 0 Å². The zero-order valence-electron chi connectivity index (χ0n) is 14.3. The van der Waals surface area contributed by atoms with Gasteiger partial charge in [0.05, 0.1) is 19.8 Å². The number of benzene rings is 1. The summed E-state index contributed by atoms with van der Waals surface area (Å²) in [6.07, 6.45) is 0. The normalized spacial score (nSPS) is 11.8. The van der Waals surface area contributed by atoms with Crippen molar-refractivity contribution >= 4 is 5.91 Å². The Kier molecular flexibility index (Phi) is 6.20. The maximum Gasteiger partial charge on any atom is 0.273 e. The zero-order chi connectivity index (χ0) is 17.5. The van der Waals surface area contributed by atoms with E-state index in [1.54, 1.807) is 27.2 Å². The SMILES string of the molecule is COCCOc1ccc([C@H](C)NC(=O)c2cc(C)on2)cc1OC. The van der Waals surface area contributed by atoms with Crippen LogP contribution in [-0.4, -0.2) is 38.5 Å². The van der Waals surface area contributed by atoms with Crippen LogP contribution in [0.2, 0.25) is 0 Å². The van der Waals surface area contributed by atoms with E-state index >= 15 is 0 Å². The number of aryl methyl sites for hydroxylation is 1. The van der Waals surface area contributed by atoms with E-state index in [9.17, 15) is 4.79 Å². The largest absolute Gasteiger partial charge is 0.493 e. The third-order valence-corrected chi connectivity index (χ3v) is 3.44. The summed E-state index contributed by atoms with van der Waals surface area (Å²) >= 11 is 0. The zero-order valence-corrected chi connectivity index (χ0v) is 14.3. The topological polar surface area (TPSA) is 82.8 Å². The second-order valence-corrected chi connectivity index (χ2v) is 5.27. The van der Waals surface area contributed by atoms with Crippen LogP contribution < -0.4 is 14.8 Å². The van der Waals surface area contributed by atoms with E-state index in [2.05, 4.69) is 10.5 Å². The molecule has 1 N–H and O–H groups in total. The van der Waals surface area contributed by atoms with Crippen molar-refractivity contribution < 1.29 is 23.5 Å². The van der Waals surface area contributed by atoms with Crippen LogP contribution in [0, 0.1) is 6.92 Å². The third-order valence-electron chi connectivity index (χ3n) is 3.44. The second kappa shape index (κ2) is 8.35. The molecule has 0 bridgehead atoms. The molecule has 7 heteroatoms. The van der Waals surface area contributed by atoms with E-state index in [4.69, 9.17) is 18.7 Å². The Hall–Kier alpha value is -2.54. The molecule has 2 aromatic rings. The molecule has 0 aliphatic rings. The number of nitrogens with one attached hydrogen (secondary N) is 1. The van der Waals surface area contributed by atoms with Crippen molar-refractivity contribution in [1.82, 2.24) is 10.5 Å². The van der Waals surface area contributed by atoms with Gasteiger partial charge in [0.1, 0.15) is 12.4 Å². The Morgan fingerprint density at radius 1 is 1.25 bits per heavy atom. The Labute approximate surface area is 140 Å². The molecule has 0 radical (unpaired) electrons. The van der Waals surface area contributed by atoms with E-state index in [1.807, 2.05) is 25.1 Å². The van der Waals surface area contributed by atoms with Crippen molar-refractivity contribution in [3.05, 3.63) is 41.3 Å². The highest BCUT2D eigenvalue weighted by molar-refractivity contribution is 5.92. The molecule has 2 rings (SSSR count). The summed E-state index contributed by atoms with van der Waals surface area (Å²) in [4.78, 5) is 12.1. The first-order valence-electron chi connectivity index (χ1n) is 7.59. The minimum atomic E-state index is -0.293.